The van der Waals surface area contributed by atoms with Crippen LogP contribution in [0.3, 0.4) is 0 Å². The number of carbonyl (C=O) groups excluding carboxylic acids is 1. The third-order valence-corrected chi connectivity index (χ3v) is 7.14. The van der Waals surface area contributed by atoms with E-state index in [9.17, 15) is 9.18 Å². The van der Waals surface area contributed by atoms with Crippen molar-refractivity contribution >= 4 is 34.7 Å². The molecule has 2 aromatic heterocycles. The lowest BCUT2D eigenvalue weighted by Crippen LogP contribution is -2.45. The van der Waals surface area contributed by atoms with Crippen molar-refractivity contribution in [3.63, 3.8) is 0 Å². The third kappa shape index (κ3) is 6.63. The molecule has 2 aliphatic heterocycles. The molecule has 1 amide bonds. The molecule has 2 saturated heterocycles. The van der Waals surface area contributed by atoms with E-state index in [1.807, 2.05) is 0 Å². The van der Waals surface area contributed by atoms with E-state index in [0.717, 1.165) is 44.8 Å². The van der Waals surface area contributed by atoms with Gasteiger partial charge in [0, 0.05) is 80.2 Å². The lowest BCUT2D eigenvalue weighted by atomic mass is 10.0. The first-order valence-corrected chi connectivity index (χ1v) is 13.2. The number of halogens is 2. The molecule has 200 valence electrons. The van der Waals surface area contributed by atoms with Gasteiger partial charge in [0.05, 0.1) is 23.7 Å². The average Bonchev–Trinajstić information content (AvgIpc) is 3.45. The van der Waals surface area contributed by atoms with Crippen LogP contribution in [-0.4, -0.2) is 83.9 Å². The van der Waals surface area contributed by atoms with Crippen LogP contribution in [0.5, 0.6) is 0 Å². The second-order valence-electron chi connectivity index (χ2n) is 9.71. The molecular weight excluding hydrogens is 509 g/mol. The van der Waals surface area contributed by atoms with Crippen molar-refractivity contribution in [1.82, 2.24) is 25.0 Å². The van der Waals surface area contributed by atoms with Crippen LogP contribution < -0.4 is 10.6 Å². The van der Waals surface area contributed by atoms with E-state index in [1.165, 1.54) is 18.2 Å². The number of anilines is 3. The summed E-state index contributed by atoms with van der Waals surface area (Å²) >= 11 is 6.11. The van der Waals surface area contributed by atoms with Crippen LogP contribution in [0.2, 0.25) is 5.02 Å². The van der Waals surface area contributed by atoms with E-state index in [-0.39, 0.29) is 17.4 Å². The van der Waals surface area contributed by atoms with Gasteiger partial charge in [-0.15, -0.1) is 5.10 Å². The summed E-state index contributed by atoms with van der Waals surface area (Å²) in [6.45, 7) is 5.88. The smallest absolute Gasteiger partial charge is 0.226 e. The molecule has 5 rings (SSSR count). The highest BCUT2D eigenvalue weighted by molar-refractivity contribution is 6.30. The topological polar surface area (TPSA) is 95.5 Å². The van der Waals surface area contributed by atoms with E-state index < -0.39 is 5.82 Å². The Morgan fingerprint density at radius 2 is 2.00 bits per heavy atom. The van der Waals surface area contributed by atoms with Gasteiger partial charge < -0.3 is 25.2 Å². The number of hydrogen-bond donors (Lipinski definition) is 2. The molecule has 2 N–H and O–H groups in total. The maximum Gasteiger partial charge on any atom is 0.226 e. The molecule has 0 saturated carbocycles. The quantitative estimate of drug-likeness (QED) is 0.441. The van der Waals surface area contributed by atoms with Gasteiger partial charge in [0.1, 0.15) is 11.6 Å². The number of hydrogen-bond acceptors (Lipinski definition) is 8. The fraction of sp³-hybridized carbons (Fsp3) is 0.407. The molecule has 1 unspecified atom stereocenters. The van der Waals surface area contributed by atoms with E-state index in [1.54, 1.807) is 24.4 Å². The Kier molecular flexibility index (Phi) is 8.43. The predicted octanol–water partition coefficient (Wildman–Crippen LogP) is 4.15. The molecule has 0 radical (unpaired) electrons. The summed E-state index contributed by atoms with van der Waals surface area (Å²) in [7, 11) is 2.11. The Bertz CT molecular complexity index is 1280. The number of nitrogens with one attached hydrogen (secondary N) is 2. The fourth-order valence-corrected chi connectivity index (χ4v) is 4.82. The molecule has 0 spiro atoms. The summed E-state index contributed by atoms with van der Waals surface area (Å²) in [6, 6.07) is 9.68. The van der Waals surface area contributed by atoms with Crippen LogP contribution in [0.15, 0.2) is 42.6 Å². The maximum absolute atomic E-state index is 14.6. The van der Waals surface area contributed by atoms with Crippen molar-refractivity contribution in [2.75, 3.05) is 63.6 Å². The Morgan fingerprint density at radius 3 is 2.79 bits per heavy atom. The zero-order chi connectivity index (χ0) is 26.5. The Hall–Kier alpha value is -3.18. The van der Waals surface area contributed by atoms with Crippen molar-refractivity contribution < 1.29 is 13.9 Å². The number of aromatic nitrogens is 3. The van der Waals surface area contributed by atoms with Crippen molar-refractivity contribution in [1.29, 1.82) is 0 Å². The second-order valence-corrected chi connectivity index (χ2v) is 10.1. The van der Waals surface area contributed by atoms with Crippen LogP contribution in [0.1, 0.15) is 24.5 Å². The highest BCUT2D eigenvalue weighted by Gasteiger charge is 2.24. The largest absolute Gasteiger partial charge is 0.381 e. The second kappa shape index (κ2) is 12.1. The molecule has 1 atom stereocenters. The van der Waals surface area contributed by atoms with Crippen molar-refractivity contribution in [3.05, 3.63) is 59.1 Å². The van der Waals surface area contributed by atoms with E-state index >= 15 is 0 Å². The Morgan fingerprint density at radius 1 is 1.16 bits per heavy atom. The minimum Gasteiger partial charge on any atom is -0.381 e. The Balaban J connectivity index is 1.31. The molecule has 38 heavy (non-hydrogen) atoms. The van der Waals surface area contributed by atoms with Crippen LogP contribution in [0, 0.1) is 5.82 Å². The number of benzene rings is 1. The van der Waals surface area contributed by atoms with E-state index in [2.05, 4.69) is 42.7 Å². The zero-order valence-corrected chi connectivity index (χ0v) is 22.0. The molecule has 4 heterocycles. The summed E-state index contributed by atoms with van der Waals surface area (Å²) in [6.07, 6.45) is 2.85. The number of carbonyl (C=O) groups is 1. The number of piperazine rings is 1. The lowest BCUT2D eigenvalue weighted by Gasteiger charge is -2.32. The van der Waals surface area contributed by atoms with Crippen LogP contribution in [0.25, 0.3) is 11.3 Å². The van der Waals surface area contributed by atoms with Crippen LogP contribution in [0.4, 0.5) is 21.6 Å². The highest BCUT2D eigenvalue weighted by Crippen LogP contribution is 2.34. The molecule has 3 aromatic rings. The van der Waals surface area contributed by atoms with Gasteiger partial charge in [0.15, 0.2) is 0 Å². The van der Waals surface area contributed by atoms with Crippen LogP contribution >= 0.6 is 11.6 Å². The Labute approximate surface area is 226 Å². The monoisotopic (exact) mass is 539 g/mol. The molecule has 11 heteroatoms. The van der Waals surface area contributed by atoms with Gasteiger partial charge in [-0.25, -0.2) is 9.37 Å². The first-order chi connectivity index (χ1) is 18.4. The third-order valence-electron chi connectivity index (χ3n) is 6.90. The first kappa shape index (κ1) is 26.4. The first-order valence-electron chi connectivity index (χ1n) is 12.8. The highest BCUT2D eigenvalue weighted by atomic mass is 35.5. The number of likely N-dealkylation sites (N-methyl/N-ethyl adjacent to an activating group) is 1. The maximum atomic E-state index is 14.6. The molecular formula is C27H31ClFN7O2. The summed E-state index contributed by atoms with van der Waals surface area (Å²) in [5, 5.41) is 15.4. The van der Waals surface area contributed by atoms with Gasteiger partial charge in [-0.3, -0.25) is 4.79 Å². The van der Waals surface area contributed by atoms with Crippen molar-refractivity contribution in [2.24, 2.45) is 0 Å². The lowest BCUT2D eigenvalue weighted by molar-refractivity contribution is -0.116. The molecule has 0 aliphatic carbocycles. The zero-order valence-electron chi connectivity index (χ0n) is 21.3. The number of nitrogens with zero attached hydrogens (tertiary/aromatic N) is 5. The molecule has 0 bridgehead atoms. The number of amides is 1. The molecule has 9 nitrogen and oxygen atoms in total. The van der Waals surface area contributed by atoms with E-state index in [0.29, 0.717) is 47.5 Å². The minimum atomic E-state index is -0.433. The molecule has 2 aliphatic rings. The van der Waals surface area contributed by atoms with Gasteiger partial charge in [-0.05, 0) is 43.8 Å². The standard InChI is InChI=1S/C27H31ClFN7O2/c1-35-9-11-36(12-10-35)8-5-26(37)32-25-15-20(4-7-30-25)31-24-16-23(21-14-19(28)2-3-22(21)29)33-34-27(24)18-6-13-38-17-18/h2-4,7,14-16,18H,5-6,8-13,17H2,1H3,(H2,30,31,32,33,37). The summed E-state index contributed by atoms with van der Waals surface area (Å²) < 4.78 is 20.1. The van der Waals surface area contributed by atoms with Crippen LogP contribution in [-0.2, 0) is 9.53 Å². The van der Waals surface area contributed by atoms with E-state index in [4.69, 9.17) is 16.3 Å². The molecule has 2 fully saturated rings. The number of pyridine rings is 1. The molecule has 1 aromatic carbocycles. The fourth-order valence-electron chi connectivity index (χ4n) is 4.65. The number of rotatable bonds is 8. The average molecular weight is 540 g/mol. The normalized spacial score (nSPS) is 18.4. The van der Waals surface area contributed by atoms with Gasteiger partial charge in [0.25, 0.3) is 0 Å². The van der Waals surface area contributed by atoms with Gasteiger partial charge in [-0.2, -0.15) is 5.10 Å². The summed E-state index contributed by atoms with van der Waals surface area (Å²) in [4.78, 5) is 21.5. The number of ether oxygens (including phenoxy) is 1. The summed E-state index contributed by atoms with van der Waals surface area (Å²) in [5.41, 5.74) is 2.76. The van der Waals surface area contributed by atoms with Crippen molar-refractivity contribution in [2.45, 2.75) is 18.8 Å². The van der Waals surface area contributed by atoms with Gasteiger partial charge >= 0.3 is 0 Å². The SMILES string of the molecule is CN1CCN(CCC(=O)Nc2cc(Nc3cc(-c4cc(Cl)ccc4F)nnc3C3CCOC3)ccn2)CC1. The van der Waals surface area contributed by atoms with Crippen molar-refractivity contribution in [3.8, 4) is 11.3 Å². The minimum absolute atomic E-state index is 0.0684. The summed E-state index contributed by atoms with van der Waals surface area (Å²) in [5.74, 6) is 0.00449. The van der Waals surface area contributed by atoms with Gasteiger partial charge in [-0.1, -0.05) is 11.6 Å². The predicted molar refractivity (Wildman–Crippen MR) is 145 cm³/mol. The van der Waals surface area contributed by atoms with Gasteiger partial charge in [0.2, 0.25) is 5.91 Å².